The van der Waals surface area contributed by atoms with Crippen LogP contribution in [-0.4, -0.2) is 53.8 Å². The van der Waals surface area contributed by atoms with Gasteiger partial charge in [-0.3, -0.25) is 14.3 Å². The first-order valence-corrected chi connectivity index (χ1v) is 16.1. The van der Waals surface area contributed by atoms with E-state index in [4.69, 9.17) is 23.7 Å². The molecule has 1 saturated heterocycles. The highest BCUT2D eigenvalue weighted by atomic mass is 16.6. The van der Waals surface area contributed by atoms with Crippen molar-refractivity contribution in [2.24, 2.45) is 0 Å². The minimum Gasteiger partial charge on any atom is -0.497 e. The number of hydrogen-bond donors (Lipinski definition) is 2. The van der Waals surface area contributed by atoms with Gasteiger partial charge < -0.3 is 28.8 Å². The van der Waals surface area contributed by atoms with Gasteiger partial charge in [0.05, 0.1) is 40.1 Å². The molecule has 1 fully saturated rings. The number of hydrogen-bond acceptors (Lipinski definition) is 8. The standard InChI is InChI=1S/C39H40N2O8/c1-27-23-41(37(44)40-36(27)43)35-22-34(42)38(49-35,25-47-24-28-10-6-4-7-11-28)26-48-39(29-12-8-5-9-13-29,30-14-18-32(45-2)19-15-30)31-16-20-33(46-3)21-17-31/h4-21,23,34-35,42H,22,24-26H2,1-3H3,(H,40,43,44)/t34-,35+,38+/m0/s1. The number of aliphatic hydroxyl groups is 1. The molecule has 0 amide bonds. The predicted molar refractivity (Wildman–Crippen MR) is 184 cm³/mol. The summed E-state index contributed by atoms with van der Waals surface area (Å²) >= 11 is 0. The first-order valence-electron chi connectivity index (χ1n) is 16.1. The van der Waals surface area contributed by atoms with Crippen LogP contribution in [0.3, 0.4) is 0 Å². The minimum atomic E-state index is -1.41. The van der Waals surface area contributed by atoms with E-state index in [1.54, 1.807) is 21.1 Å². The van der Waals surface area contributed by atoms with E-state index in [1.807, 2.05) is 109 Å². The second kappa shape index (κ2) is 14.6. The summed E-state index contributed by atoms with van der Waals surface area (Å²) in [4.78, 5) is 27.4. The Morgan fingerprint density at radius 1 is 0.816 bits per heavy atom. The van der Waals surface area contributed by atoms with E-state index in [0.717, 1.165) is 22.3 Å². The molecule has 0 unspecified atom stereocenters. The first-order chi connectivity index (χ1) is 23.8. The van der Waals surface area contributed by atoms with Crippen LogP contribution in [0.5, 0.6) is 11.5 Å². The first kappa shape index (κ1) is 33.9. The van der Waals surface area contributed by atoms with Gasteiger partial charge in [-0.2, -0.15) is 0 Å². The lowest BCUT2D eigenvalue weighted by molar-refractivity contribution is -0.188. The quantitative estimate of drug-likeness (QED) is 0.167. The van der Waals surface area contributed by atoms with Gasteiger partial charge in [0.15, 0.2) is 0 Å². The summed E-state index contributed by atoms with van der Waals surface area (Å²) < 4.78 is 32.3. The maximum atomic E-state index is 12.9. The van der Waals surface area contributed by atoms with E-state index in [9.17, 15) is 14.7 Å². The summed E-state index contributed by atoms with van der Waals surface area (Å²) in [5.74, 6) is 1.37. The highest BCUT2D eigenvalue weighted by Crippen LogP contribution is 2.45. The van der Waals surface area contributed by atoms with Crippen LogP contribution >= 0.6 is 0 Å². The van der Waals surface area contributed by atoms with Crippen LogP contribution in [0.2, 0.25) is 0 Å². The molecule has 3 atom stereocenters. The maximum Gasteiger partial charge on any atom is 0.330 e. The van der Waals surface area contributed by atoms with Crippen LogP contribution in [0.15, 0.2) is 125 Å². The summed E-state index contributed by atoms with van der Waals surface area (Å²) in [5, 5.41) is 11.8. The number of aromatic amines is 1. The van der Waals surface area contributed by atoms with E-state index >= 15 is 0 Å². The van der Waals surface area contributed by atoms with E-state index in [0.29, 0.717) is 17.1 Å². The Morgan fingerprint density at radius 3 is 1.94 bits per heavy atom. The average molecular weight is 665 g/mol. The zero-order valence-corrected chi connectivity index (χ0v) is 27.7. The van der Waals surface area contributed by atoms with Gasteiger partial charge in [-0.15, -0.1) is 0 Å². The lowest BCUT2D eigenvalue weighted by Gasteiger charge is -2.40. The Balaban J connectivity index is 1.44. The minimum absolute atomic E-state index is 0.0489. The molecule has 0 spiro atoms. The lowest BCUT2D eigenvalue weighted by Crippen LogP contribution is -2.51. The summed E-state index contributed by atoms with van der Waals surface area (Å²) in [6.07, 6.45) is -0.487. The molecule has 6 rings (SSSR count). The number of benzene rings is 4. The van der Waals surface area contributed by atoms with Gasteiger partial charge in [0.25, 0.3) is 5.56 Å². The van der Waals surface area contributed by atoms with E-state index in [1.165, 1.54) is 10.8 Å². The average Bonchev–Trinajstić information content (AvgIpc) is 3.46. The van der Waals surface area contributed by atoms with Crippen molar-refractivity contribution in [1.82, 2.24) is 9.55 Å². The second-order valence-corrected chi connectivity index (χ2v) is 12.1. The number of ether oxygens (including phenoxy) is 5. The van der Waals surface area contributed by atoms with Crippen LogP contribution in [0.4, 0.5) is 0 Å². The molecule has 2 N–H and O–H groups in total. The smallest absolute Gasteiger partial charge is 0.330 e. The molecular formula is C39H40N2O8. The topological polar surface area (TPSA) is 121 Å². The molecule has 0 aliphatic carbocycles. The fraction of sp³-hybridized carbons (Fsp3) is 0.282. The van der Waals surface area contributed by atoms with Crippen molar-refractivity contribution in [2.75, 3.05) is 27.4 Å². The third-order valence-corrected chi connectivity index (χ3v) is 9.02. The molecule has 1 aromatic heterocycles. The zero-order valence-electron chi connectivity index (χ0n) is 27.7. The van der Waals surface area contributed by atoms with Crippen LogP contribution in [0.1, 0.15) is 40.5 Å². The number of aryl methyl sites for hydroxylation is 1. The van der Waals surface area contributed by atoms with Gasteiger partial charge in [0, 0.05) is 18.2 Å². The number of H-pyrrole nitrogens is 1. The molecule has 0 bridgehead atoms. The lowest BCUT2D eigenvalue weighted by atomic mass is 9.79. The molecule has 0 saturated carbocycles. The number of nitrogens with zero attached hydrogens (tertiary/aromatic N) is 1. The molecule has 4 aromatic carbocycles. The molecule has 2 heterocycles. The van der Waals surface area contributed by atoms with Gasteiger partial charge in [-0.25, -0.2) is 4.79 Å². The van der Waals surface area contributed by atoms with Crippen LogP contribution in [0.25, 0.3) is 0 Å². The van der Waals surface area contributed by atoms with E-state index < -0.39 is 34.8 Å². The van der Waals surface area contributed by atoms with Crippen molar-refractivity contribution in [1.29, 1.82) is 0 Å². The Morgan fingerprint density at radius 2 is 1.37 bits per heavy atom. The number of methoxy groups -OCH3 is 2. The number of rotatable bonds is 13. The van der Waals surface area contributed by atoms with Crippen molar-refractivity contribution < 1.29 is 28.8 Å². The number of aromatic nitrogens is 2. The van der Waals surface area contributed by atoms with Crippen LogP contribution in [0, 0.1) is 6.92 Å². The molecule has 10 heteroatoms. The largest absolute Gasteiger partial charge is 0.497 e. The highest BCUT2D eigenvalue weighted by molar-refractivity contribution is 5.49. The molecule has 49 heavy (non-hydrogen) atoms. The number of nitrogens with one attached hydrogen (secondary N) is 1. The molecule has 10 nitrogen and oxygen atoms in total. The third-order valence-electron chi connectivity index (χ3n) is 9.02. The summed E-state index contributed by atoms with van der Waals surface area (Å²) in [5.41, 5.74) is 0.0159. The Hall–Kier alpha value is -5.00. The van der Waals surface area contributed by atoms with Gasteiger partial charge in [0.2, 0.25) is 0 Å². The molecule has 254 valence electrons. The second-order valence-electron chi connectivity index (χ2n) is 12.1. The Labute approximate surface area is 284 Å². The normalized spacial score (nSPS) is 19.1. The molecular weight excluding hydrogens is 624 g/mol. The van der Waals surface area contributed by atoms with E-state index in [2.05, 4.69) is 4.98 Å². The highest BCUT2D eigenvalue weighted by Gasteiger charge is 2.52. The van der Waals surface area contributed by atoms with Crippen molar-refractivity contribution in [3.63, 3.8) is 0 Å². The molecule has 5 aromatic rings. The SMILES string of the molecule is COc1ccc(C(OC[C@@]2(COCc3ccccc3)O[C@@H](n3cc(C)c(=O)[nH]c3=O)C[C@@H]2O)(c2ccccc2)c2ccc(OC)cc2)cc1. The monoisotopic (exact) mass is 664 g/mol. The Bertz CT molecular complexity index is 1900. The fourth-order valence-corrected chi connectivity index (χ4v) is 6.30. The molecule has 1 aliphatic rings. The van der Waals surface area contributed by atoms with Gasteiger partial charge in [0.1, 0.15) is 28.9 Å². The van der Waals surface area contributed by atoms with Crippen LogP contribution in [-0.2, 0) is 26.4 Å². The Kier molecular flexibility index (Phi) is 10.1. The summed E-state index contributed by atoms with van der Waals surface area (Å²) in [6, 6.07) is 34.8. The van der Waals surface area contributed by atoms with Gasteiger partial charge in [-0.1, -0.05) is 84.9 Å². The summed E-state index contributed by atoms with van der Waals surface area (Å²) in [7, 11) is 3.23. The van der Waals surface area contributed by atoms with E-state index in [-0.39, 0.29) is 26.2 Å². The number of aliphatic hydroxyl groups excluding tert-OH is 1. The third kappa shape index (κ3) is 6.95. The predicted octanol–water partition coefficient (Wildman–Crippen LogP) is 5.11. The fourth-order valence-electron chi connectivity index (χ4n) is 6.30. The van der Waals surface area contributed by atoms with Crippen molar-refractivity contribution in [2.45, 2.75) is 43.5 Å². The molecule has 1 aliphatic heterocycles. The van der Waals surface area contributed by atoms with Crippen molar-refractivity contribution in [3.8, 4) is 11.5 Å². The zero-order chi connectivity index (χ0) is 34.4. The molecule has 0 radical (unpaired) electrons. The summed E-state index contributed by atoms with van der Waals surface area (Å²) in [6.45, 7) is 1.69. The van der Waals surface area contributed by atoms with Gasteiger partial charge >= 0.3 is 5.69 Å². The van der Waals surface area contributed by atoms with Crippen molar-refractivity contribution in [3.05, 3.63) is 164 Å². The van der Waals surface area contributed by atoms with Crippen LogP contribution < -0.4 is 20.7 Å². The van der Waals surface area contributed by atoms with Gasteiger partial charge in [-0.05, 0) is 53.4 Å². The maximum absolute atomic E-state index is 12.9. The van der Waals surface area contributed by atoms with Crippen molar-refractivity contribution >= 4 is 0 Å².